The number of methoxy groups -OCH3 is 1. The second kappa shape index (κ2) is 9.08. The Labute approximate surface area is 185 Å². The van der Waals surface area contributed by atoms with Crippen molar-refractivity contribution in [3.05, 3.63) is 48.0 Å². The molecule has 31 heavy (non-hydrogen) atoms. The third-order valence-electron chi connectivity index (χ3n) is 5.68. The maximum Gasteiger partial charge on any atom is 0.152 e. The number of benzene rings is 1. The Morgan fingerprint density at radius 3 is 2.61 bits per heavy atom. The second-order valence-electron chi connectivity index (χ2n) is 9.52. The van der Waals surface area contributed by atoms with Gasteiger partial charge < -0.3 is 15.0 Å². The lowest BCUT2D eigenvalue weighted by Crippen LogP contribution is -2.29. The quantitative estimate of drug-likeness (QED) is 0.602. The summed E-state index contributed by atoms with van der Waals surface area (Å²) in [7, 11) is 1.73. The number of anilines is 2. The van der Waals surface area contributed by atoms with E-state index in [0.29, 0.717) is 6.42 Å². The number of ether oxygens (including phenoxy) is 1. The minimum atomic E-state index is 0.156. The molecule has 0 unspecified atom stereocenters. The number of nitrogens with zero attached hydrogens (tertiary/aromatic N) is 4. The Bertz CT molecular complexity index is 1040. The molecule has 0 atom stereocenters. The van der Waals surface area contributed by atoms with E-state index in [-0.39, 0.29) is 5.41 Å². The molecule has 3 aromatic rings. The van der Waals surface area contributed by atoms with Gasteiger partial charge in [0.25, 0.3) is 0 Å². The van der Waals surface area contributed by atoms with Crippen molar-refractivity contribution in [2.75, 3.05) is 37.0 Å². The van der Waals surface area contributed by atoms with Gasteiger partial charge in [-0.2, -0.15) is 0 Å². The van der Waals surface area contributed by atoms with E-state index >= 15 is 0 Å². The van der Waals surface area contributed by atoms with Gasteiger partial charge in [-0.05, 0) is 36.8 Å². The lowest BCUT2D eigenvalue weighted by molar-refractivity contribution is 0.410. The first kappa shape index (κ1) is 21.3. The summed E-state index contributed by atoms with van der Waals surface area (Å²) in [5, 5.41) is 4.44. The third-order valence-corrected chi connectivity index (χ3v) is 5.68. The van der Waals surface area contributed by atoms with Gasteiger partial charge in [-0.3, -0.25) is 0 Å². The molecule has 1 N–H and O–H groups in total. The molecule has 1 aliphatic heterocycles. The molecule has 6 heteroatoms. The Hall–Kier alpha value is -2.89. The van der Waals surface area contributed by atoms with Gasteiger partial charge in [0.1, 0.15) is 17.1 Å². The zero-order valence-corrected chi connectivity index (χ0v) is 19.1. The molecule has 0 saturated carbocycles. The molecule has 1 saturated heterocycles. The van der Waals surface area contributed by atoms with Crippen LogP contribution < -0.4 is 15.0 Å². The van der Waals surface area contributed by atoms with E-state index in [1.807, 2.05) is 12.3 Å². The molecule has 1 fully saturated rings. The highest BCUT2D eigenvalue weighted by atomic mass is 16.5. The summed E-state index contributed by atoms with van der Waals surface area (Å²) >= 11 is 0. The van der Waals surface area contributed by atoms with Crippen molar-refractivity contribution in [2.45, 2.75) is 46.5 Å². The molecular formula is C25H33N5O. The van der Waals surface area contributed by atoms with Gasteiger partial charge in [0, 0.05) is 61.2 Å². The fraction of sp³-hybridized carbons (Fsp3) is 0.480. The number of aromatic nitrogens is 3. The number of hydrogen-bond donors (Lipinski definition) is 1. The minimum absolute atomic E-state index is 0.156. The lowest BCUT2D eigenvalue weighted by Gasteiger charge is -2.29. The van der Waals surface area contributed by atoms with Gasteiger partial charge in [0.15, 0.2) is 5.82 Å². The highest BCUT2D eigenvalue weighted by Crippen LogP contribution is 2.29. The predicted octanol–water partition coefficient (Wildman–Crippen LogP) is 5.07. The van der Waals surface area contributed by atoms with Gasteiger partial charge in [-0.15, -0.1) is 0 Å². The Morgan fingerprint density at radius 2 is 1.87 bits per heavy atom. The number of pyridine rings is 1. The minimum Gasteiger partial charge on any atom is -0.496 e. The summed E-state index contributed by atoms with van der Waals surface area (Å²) in [6, 6.07) is 8.45. The van der Waals surface area contributed by atoms with Crippen molar-refractivity contribution in [1.82, 2.24) is 15.0 Å². The molecule has 4 rings (SSSR count). The summed E-state index contributed by atoms with van der Waals surface area (Å²) in [5.74, 6) is 2.47. The molecule has 1 aromatic carbocycles. The van der Waals surface area contributed by atoms with E-state index in [9.17, 15) is 0 Å². The summed E-state index contributed by atoms with van der Waals surface area (Å²) in [4.78, 5) is 16.4. The molecule has 2 aromatic heterocycles. The maximum atomic E-state index is 5.73. The number of nitrogens with one attached hydrogen (secondary N) is 1. The Morgan fingerprint density at radius 1 is 1.06 bits per heavy atom. The molecule has 164 valence electrons. The van der Waals surface area contributed by atoms with E-state index in [1.54, 1.807) is 13.3 Å². The van der Waals surface area contributed by atoms with Crippen molar-refractivity contribution in [1.29, 1.82) is 0 Å². The Balaban J connectivity index is 1.59. The fourth-order valence-corrected chi connectivity index (χ4v) is 3.95. The zero-order chi connectivity index (χ0) is 21.8. The van der Waals surface area contributed by atoms with Gasteiger partial charge in [-0.1, -0.05) is 26.8 Å². The lowest BCUT2D eigenvalue weighted by atomic mass is 9.97. The van der Waals surface area contributed by atoms with Crippen molar-refractivity contribution in [3.63, 3.8) is 0 Å². The fourth-order valence-electron chi connectivity index (χ4n) is 3.95. The van der Waals surface area contributed by atoms with Gasteiger partial charge >= 0.3 is 0 Å². The smallest absolute Gasteiger partial charge is 0.152 e. The Kier molecular flexibility index (Phi) is 6.25. The molecule has 3 heterocycles. The van der Waals surface area contributed by atoms with Crippen molar-refractivity contribution >= 4 is 22.4 Å². The van der Waals surface area contributed by atoms with Gasteiger partial charge in [-0.25, -0.2) is 15.0 Å². The van der Waals surface area contributed by atoms with Gasteiger partial charge in [0.2, 0.25) is 0 Å². The second-order valence-corrected chi connectivity index (χ2v) is 9.52. The molecule has 0 aliphatic carbocycles. The van der Waals surface area contributed by atoms with Gasteiger partial charge in [0.05, 0.1) is 7.11 Å². The summed E-state index contributed by atoms with van der Waals surface area (Å²) < 4.78 is 5.73. The molecule has 0 spiro atoms. The summed E-state index contributed by atoms with van der Waals surface area (Å²) in [6.07, 6.45) is 8.15. The molecule has 0 amide bonds. The molecule has 6 nitrogen and oxygen atoms in total. The van der Waals surface area contributed by atoms with E-state index in [0.717, 1.165) is 53.5 Å². The number of piperidine rings is 1. The number of hydrogen-bond acceptors (Lipinski definition) is 6. The standard InChI is InChI=1S/C25H33N5O/c1-25(2,3)17-28-24-23-19(10-11-26-24)16-27-22(29-23)14-18-8-9-20(15-21(18)31-4)30-12-6-5-7-13-30/h8-11,15-16H,5-7,12-14,17H2,1-4H3,(H,26,28). The van der Waals surface area contributed by atoms with Crippen molar-refractivity contribution < 1.29 is 4.74 Å². The summed E-state index contributed by atoms with van der Waals surface area (Å²) in [6.45, 7) is 9.66. The van der Waals surface area contributed by atoms with Crippen LogP contribution in [-0.2, 0) is 6.42 Å². The van der Waals surface area contributed by atoms with Crippen molar-refractivity contribution in [2.24, 2.45) is 5.41 Å². The molecular weight excluding hydrogens is 386 g/mol. The highest BCUT2D eigenvalue weighted by molar-refractivity contribution is 5.87. The SMILES string of the molecule is COc1cc(N2CCCCC2)ccc1Cc1ncc2ccnc(NCC(C)(C)C)c2n1. The first-order valence-corrected chi connectivity index (χ1v) is 11.2. The number of fused-ring (bicyclic) bond motifs is 1. The predicted molar refractivity (Wildman–Crippen MR) is 127 cm³/mol. The zero-order valence-electron chi connectivity index (χ0n) is 19.1. The first-order valence-electron chi connectivity index (χ1n) is 11.2. The van der Waals surface area contributed by atoms with E-state index in [1.165, 1.54) is 24.9 Å². The largest absolute Gasteiger partial charge is 0.496 e. The van der Waals surface area contributed by atoms with E-state index < -0.39 is 0 Å². The molecule has 0 radical (unpaired) electrons. The van der Waals surface area contributed by atoms with Crippen LogP contribution in [0.4, 0.5) is 11.5 Å². The van der Waals surface area contributed by atoms with E-state index in [2.05, 4.69) is 59.2 Å². The van der Waals surface area contributed by atoms with Crippen LogP contribution in [0.1, 0.15) is 51.4 Å². The van der Waals surface area contributed by atoms with Crippen LogP contribution in [0.2, 0.25) is 0 Å². The van der Waals surface area contributed by atoms with Crippen molar-refractivity contribution in [3.8, 4) is 5.75 Å². The van der Waals surface area contributed by atoms with Crippen LogP contribution in [0.3, 0.4) is 0 Å². The normalized spacial score (nSPS) is 14.6. The molecule has 1 aliphatic rings. The van der Waals surface area contributed by atoms with Crippen LogP contribution in [-0.4, -0.2) is 41.7 Å². The maximum absolute atomic E-state index is 5.73. The third kappa shape index (κ3) is 5.24. The average molecular weight is 420 g/mol. The topological polar surface area (TPSA) is 63.2 Å². The van der Waals surface area contributed by atoms with Crippen LogP contribution in [0.25, 0.3) is 10.9 Å². The van der Waals surface area contributed by atoms with Crippen LogP contribution in [0.15, 0.2) is 36.7 Å². The summed E-state index contributed by atoms with van der Waals surface area (Å²) in [5.41, 5.74) is 3.34. The van der Waals surface area contributed by atoms with E-state index in [4.69, 9.17) is 9.72 Å². The van der Waals surface area contributed by atoms with Crippen LogP contribution in [0.5, 0.6) is 5.75 Å². The van der Waals surface area contributed by atoms with Crippen LogP contribution >= 0.6 is 0 Å². The first-order chi connectivity index (χ1) is 14.9. The number of rotatable bonds is 6. The molecule has 0 bridgehead atoms. The van der Waals surface area contributed by atoms with Crippen LogP contribution in [0, 0.1) is 5.41 Å². The average Bonchev–Trinajstić information content (AvgIpc) is 2.78. The highest BCUT2D eigenvalue weighted by Gasteiger charge is 2.16. The monoisotopic (exact) mass is 419 g/mol.